The first-order chi connectivity index (χ1) is 18.4. The molecule has 2 saturated heterocycles. The van der Waals surface area contributed by atoms with Gasteiger partial charge in [0.15, 0.2) is 6.80 Å². The quantitative estimate of drug-likeness (QED) is 0.248. The number of carbonyl (C=O) groups is 3. The van der Waals surface area contributed by atoms with Crippen molar-refractivity contribution in [3.05, 3.63) is 59.7 Å². The molecule has 4 N–H and O–H groups in total. The van der Waals surface area contributed by atoms with Gasteiger partial charge in [0.05, 0.1) is 6.54 Å². The number of urea groups is 1. The molecule has 2 aliphatic heterocycles. The molecule has 2 heterocycles. The molecule has 13 heteroatoms. The Morgan fingerprint density at radius 3 is 2.45 bits per heavy atom. The van der Waals surface area contributed by atoms with Gasteiger partial charge in [-0.15, -0.1) is 11.6 Å². The number of phenols is 1. The maximum Gasteiger partial charge on any atom is 0.334 e. The zero-order valence-electron chi connectivity index (χ0n) is 20.6. The second-order valence-electron chi connectivity index (χ2n) is 9.06. The van der Waals surface area contributed by atoms with Crippen LogP contribution < -0.4 is 16.1 Å². The summed E-state index contributed by atoms with van der Waals surface area (Å²) in [7, 11) is 0. The average Bonchev–Trinajstić information content (AvgIpc) is 2.93. The Labute approximate surface area is 224 Å². The number of benzene rings is 2. The Morgan fingerprint density at radius 1 is 1.13 bits per heavy atom. The van der Waals surface area contributed by atoms with Crippen molar-refractivity contribution in [2.75, 3.05) is 25.8 Å². The van der Waals surface area contributed by atoms with E-state index in [2.05, 4.69) is 5.32 Å². The van der Waals surface area contributed by atoms with Gasteiger partial charge in [0.1, 0.15) is 30.3 Å². The third kappa shape index (κ3) is 5.93. The number of phenolic OH excluding ortho intramolecular Hbond substituents is 1. The Kier molecular flexibility index (Phi) is 8.87. The zero-order valence-corrected chi connectivity index (χ0v) is 21.4. The molecule has 2 fully saturated rings. The summed E-state index contributed by atoms with van der Waals surface area (Å²) in [4.78, 5) is 47.7. The number of piperazine rings is 1. The number of hydrogen-bond donors (Lipinski definition) is 3. The Hall–Kier alpha value is -3.61. The number of rotatable bonds is 9. The van der Waals surface area contributed by atoms with Crippen molar-refractivity contribution < 1.29 is 28.7 Å². The maximum atomic E-state index is 14.1. The molecule has 2 aromatic rings. The molecule has 2 aromatic carbocycles. The Balaban J connectivity index is 1.60. The van der Waals surface area contributed by atoms with Gasteiger partial charge in [0.2, 0.25) is 11.8 Å². The lowest BCUT2D eigenvalue weighted by Crippen LogP contribution is -2.76. The van der Waals surface area contributed by atoms with E-state index in [0.717, 1.165) is 16.1 Å². The molecule has 0 unspecified atom stereocenters. The minimum atomic E-state index is -1.07. The molecule has 4 rings (SSSR count). The van der Waals surface area contributed by atoms with Gasteiger partial charge in [0.25, 0.3) is 0 Å². The Bertz CT molecular complexity index is 1140. The van der Waals surface area contributed by atoms with Crippen LogP contribution in [-0.2, 0) is 22.7 Å². The van der Waals surface area contributed by atoms with E-state index in [1.54, 1.807) is 41.3 Å². The first kappa shape index (κ1) is 27.4. The lowest BCUT2D eigenvalue weighted by atomic mass is 10.0. The minimum Gasteiger partial charge on any atom is -0.508 e. The van der Waals surface area contributed by atoms with Gasteiger partial charge in [-0.3, -0.25) is 9.59 Å². The summed E-state index contributed by atoms with van der Waals surface area (Å²) in [5, 5.41) is 14.5. The van der Waals surface area contributed by atoms with Crippen molar-refractivity contribution >= 4 is 29.4 Å². The van der Waals surface area contributed by atoms with E-state index in [0.29, 0.717) is 24.5 Å². The number of hydrogen-bond acceptors (Lipinski definition) is 7. The zero-order chi connectivity index (χ0) is 27.2. The molecule has 11 nitrogen and oxygen atoms in total. The molecule has 204 valence electrons. The number of nitrogens with one attached hydrogen (secondary N) is 1. The third-order valence-corrected chi connectivity index (χ3v) is 6.87. The van der Waals surface area contributed by atoms with Crippen LogP contribution in [0.1, 0.15) is 24.0 Å². The normalized spacial score (nSPS) is 19.9. The second-order valence-corrected chi connectivity index (χ2v) is 9.44. The summed E-state index contributed by atoms with van der Waals surface area (Å²) >= 11 is 5.91. The van der Waals surface area contributed by atoms with Gasteiger partial charge in [-0.05, 0) is 48.2 Å². The van der Waals surface area contributed by atoms with Gasteiger partial charge in [0, 0.05) is 19.0 Å². The largest absolute Gasteiger partial charge is 0.508 e. The highest BCUT2D eigenvalue weighted by Crippen LogP contribution is 2.29. The fourth-order valence-corrected chi connectivity index (χ4v) is 4.91. The molecule has 0 aromatic heterocycles. The van der Waals surface area contributed by atoms with Crippen molar-refractivity contribution in [2.24, 2.45) is 5.90 Å². The highest BCUT2D eigenvalue weighted by atomic mass is 35.5. The fraction of sp³-hybridized carbons (Fsp3) is 0.400. The molecule has 0 spiro atoms. The van der Waals surface area contributed by atoms with E-state index < -0.39 is 30.9 Å². The summed E-state index contributed by atoms with van der Waals surface area (Å²) in [6.07, 6.45) is -0.138. The number of aromatic hydroxyl groups is 1. The summed E-state index contributed by atoms with van der Waals surface area (Å²) in [5.41, 5.74) is 1.51. The number of amides is 4. The number of nitrogens with zero attached hydrogens (tertiary/aromatic N) is 4. The van der Waals surface area contributed by atoms with Crippen LogP contribution in [0.4, 0.5) is 9.18 Å². The molecular formula is C25H30ClFN6O5. The summed E-state index contributed by atoms with van der Waals surface area (Å²) in [6.45, 7) is -1.14. The van der Waals surface area contributed by atoms with Crippen molar-refractivity contribution in [1.82, 2.24) is 25.1 Å². The Morgan fingerprint density at radius 2 is 1.82 bits per heavy atom. The van der Waals surface area contributed by atoms with Gasteiger partial charge in [-0.25, -0.2) is 14.2 Å². The first-order valence-corrected chi connectivity index (χ1v) is 12.7. The van der Waals surface area contributed by atoms with Crippen LogP contribution in [0.3, 0.4) is 0 Å². The predicted molar refractivity (Wildman–Crippen MR) is 136 cm³/mol. The highest BCUT2D eigenvalue weighted by Gasteiger charge is 2.51. The lowest BCUT2D eigenvalue weighted by Gasteiger charge is -2.54. The van der Waals surface area contributed by atoms with Gasteiger partial charge < -0.3 is 25.1 Å². The van der Waals surface area contributed by atoms with Crippen molar-refractivity contribution in [3.8, 4) is 11.5 Å². The lowest BCUT2D eigenvalue weighted by molar-refractivity contribution is -0.195. The summed E-state index contributed by atoms with van der Waals surface area (Å²) in [6, 6.07) is 11.7. The number of alkyl halides is 2. The van der Waals surface area contributed by atoms with Crippen LogP contribution >= 0.6 is 11.6 Å². The maximum absolute atomic E-state index is 14.1. The standard InChI is InChI=1S/C25H30ClFN6O5/c26-11-1-2-21-24(36)30(13-18-5-9-20(38-28)10-6-18)14-22-32(21)23(35)15-31(16-27)33(22)25(37)29-12-17-3-7-19(34)8-4-17/h3-10,21-22,34H,1-2,11-16,28H2,(H,29,37)/t21-,22-/m0/s1. The van der Waals surface area contributed by atoms with Gasteiger partial charge in [-0.1, -0.05) is 24.3 Å². The SMILES string of the molecule is NOc1ccc(CN2C[C@H]3N(C(=O)CN(CF)N3C(=O)NCc3ccc(O)cc3)[C@@H](CCCCl)C2=O)cc1. The van der Waals surface area contributed by atoms with Crippen LogP contribution in [-0.4, -0.2) is 80.7 Å². The summed E-state index contributed by atoms with van der Waals surface area (Å²) in [5.74, 6) is 5.33. The van der Waals surface area contributed by atoms with Crippen molar-refractivity contribution in [2.45, 2.75) is 38.1 Å². The first-order valence-electron chi connectivity index (χ1n) is 12.1. The number of carbonyl (C=O) groups excluding carboxylic acids is 3. The van der Waals surface area contributed by atoms with E-state index in [1.807, 2.05) is 0 Å². The van der Waals surface area contributed by atoms with E-state index >= 15 is 0 Å². The van der Waals surface area contributed by atoms with Crippen molar-refractivity contribution in [3.63, 3.8) is 0 Å². The van der Waals surface area contributed by atoms with Crippen molar-refractivity contribution in [1.29, 1.82) is 0 Å². The van der Waals surface area contributed by atoms with E-state index in [9.17, 15) is 23.9 Å². The van der Waals surface area contributed by atoms with Gasteiger partial charge >= 0.3 is 6.03 Å². The fourth-order valence-electron chi connectivity index (χ4n) is 4.76. The third-order valence-electron chi connectivity index (χ3n) is 6.60. The molecular weight excluding hydrogens is 519 g/mol. The number of hydrazine groups is 1. The molecule has 0 bridgehead atoms. The van der Waals surface area contributed by atoms with E-state index in [1.165, 1.54) is 22.0 Å². The molecule has 4 amide bonds. The van der Waals surface area contributed by atoms with Crippen LogP contribution in [0, 0.1) is 0 Å². The molecule has 0 radical (unpaired) electrons. The van der Waals surface area contributed by atoms with E-state index in [-0.39, 0.29) is 37.8 Å². The second kappa shape index (κ2) is 12.3. The van der Waals surface area contributed by atoms with E-state index in [4.69, 9.17) is 22.3 Å². The van der Waals surface area contributed by atoms with Crippen LogP contribution in [0.15, 0.2) is 48.5 Å². The molecule has 2 aliphatic rings. The highest BCUT2D eigenvalue weighted by molar-refractivity contribution is 6.17. The minimum absolute atomic E-state index is 0.0137. The number of halogens is 2. The monoisotopic (exact) mass is 548 g/mol. The molecule has 38 heavy (non-hydrogen) atoms. The predicted octanol–water partition coefficient (Wildman–Crippen LogP) is 1.90. The molecule has 0 saturated carbocycles. The van der Waals surface area contributed by atoms with Gasteiger partial charge in [-0.2, -0.15) is 10.9 Å². The smallest absolute Gasteiger partial charge is 0.334 e. The average molecular weight is 549 g/mol. The summed E-state index contributed by atoms with van der Waals surface area (Å²) < 4.78 is 14.1. The molecule has 2 atom stereocenters. The topological polar surface area (TPSA) is 132 Å². The number of fused-ring (bicyclic) bond motifs is 1. The van der Waals surface area contributed by atoms with Crippen LogP contribution in [0.2, 0.25) is 0 Å². The van der Waals surface area contributed by atoms with Crippen LogP contribution in [0.25, 0.3) is 0 Å². The number of nitrogens with two attached hydrogens (primary N) is 1. The van der Waals surface area contributed by atoms with Crippen LogP contribution in [0.5, 0.6) is 11.5 Å². The molecule has 0 aliphatic carbocycles.